The number of rotatable bonds is 5. The summed E-state index contributed by atoms with van der Waals surface area (Å²) in [6.07, 6.45) is 2.33. The van der Waals surface area contributed by atoms with E-state index >= 15 is 0 Å². The van der Waals surface area contributed by atoms with Gasteiger partial charge in [0, 0.05) is 32.8 Å². The van der Waals surface area contributed by atoms with E-state index in [1.807, 2.05) is 0 Å². The van der Waals surface area contributed by atoms with Crippen LogP contribution in [0.2, 0.25) is 0 Å². The van der Waals surface area contributed by atoms with Crippen molar-refractivity contribution in [2.75, 3.05) is 32.6 Å². The van der Waals surface area contributed by atoms with Crippen LogP contribution in [0.1, 0.15) is 19.3 Å². The zero-order valence-electron chi connectivity index (χ0n) is 9.59. The van der Waals surface area contributed by atoms with Crippen LogP contribution in [0.15, 0.2) is 0 Å². The SMILES string of the molecule is COCCCS(=O)(=O)N1CCCC(N)C1.Cl. The van der Waals surface area contributed by atoms with Crippen LogP contribution < -0.4 is 5.73 Å². The standard InChI is InChI=1S/C9H20N2O3S.ClH/c1-14-6-3-7-15(12,13)11-5-2-4-9(10)8-11;/h9H,2-8,10H2,1H3;1H. The Morgan fingerprint density at radius 1 is 1.50 bits per heavy atom. The summed E-state index contributed by atoms with van der Waals surface area (Å²) in [4.78, 5) is 0. The number of nitrogens with two attached hydrogens (primary N) is 1. The smallest absolute Gasteiger partial charge is 0.214 e. The van der Waals surface area contributed by atoms with E-state index < -0.39 is 10.0 Å². The van der Waals surface area contributed by atoms with Gasteiger partial charge in [-0.2, -0.15) is 0 Å². The Morgan fingerprint density at radius 3 is 2.75 bits per heavy atom. The first-order valence-electron chi connectivity index (χ1n) is 5.28. The van der Waals surface area contributed by atoms with E-state index in [0.717, 1.165) is 12.8 Å². The summed E-state index contributed by atoms with van der Waals surface area (Å²) < 4.78 is 30.0. The maximum absolute atomic E-state index is 11.8. The Kier molecular flexibility index (Phi) is 7.50. The highest BCUT2D eigenvalue weighted by molar-refractivity contribution is 7.89. The average molecular weight is 273 g/mol. The zero-order valence-corrected chi connectivity index (χ0v) is 11.2. The van der Waals surface area contributed by atoms with Crippen LogP contribution in [0.5, 0.6) is 0 Å². The van der Waals surface area contributed by atoms with Crippen molar-refractivity contribution in [1.82, 2.24) is 4.31 Å². The average Bonchev–Trinajstić information content (AvgIpc) is 2.18. The molecule has 0 aromatic carbocycles. The van der Waals surface area contributed by atoms with E-state index in [1.165, 1.54) is 4.31 Å². The zero-order chi connectivity index (χ0) is 11.3. The van der Waals surface area contributed by atoms with Crippen LogP contribution in [-0.4, -0.2) is 51.3 Å². The van der Waals surface area contributed by atoms with Crippen molar-refractivity contribution in [1.29, 1.82) is 0 Å². The summed E-state index contributed by atoms with van der Waals surface area (Å²) in [6.45, 7) is 1.57. The number of hydrogen-bond donors (Lipinski definition) is 1. The first kappa shape index (κ1) is 16.1. The van der Waals surface area contributed by atoms with Crippen LogP contribution in [0, 0.1) is 0 Å². The summed E-state index contributed by atoms with van der Waals surface area (Å²) >= 11 is 0. The lowest BCUT2D eigenvalue weighted by Crippen LogP contribution is -2.46. The van der Waals surface area contributed by atoms with Gasteiger partial charge in [-0.15, -0.1) is 12.4 Å². The third-order valence-corrected chi connectivity index (χ3v) is 4.49. The highest BCUT2D eigenvalue weighted by atomic mass is 35.5. The van der Waals surface area contributed by atoms with E-state index in [9.17, 15) is 8.42 Å². The van der Waals surface area contributed by atoms with Gasteiger partial charge in [0.2, 0.25) is 10.0 Å². The fourth-order valence-corrected chi connectivity index (χ4v) is 3.31. The Labute approximate surface area is 104 Å². The summed E-state index contributed by atoms with van der Waals surface area (Å²) in [5.41, 5.74) is 5.75. The Bertz CT molecular complexity index is 284. The Balaban J connectivity index is 0.00000225. The number of methoxy groups -OCH3 is 1. The second-order valence-corrected chi connectivity index (χ2v) is 6.01. The third-order valence-electron chi connectivity index (χ3n) is 2.56. The lowest BCUT2D eigenvalue weighted by Gasteiger charge is -2.29. The lowest BCUT2D eigenvalue weighted by molar-refractivity contribution is 0.199. The molecule has 1 fully saturated rings. The number of ether oxygens (including phenoxy) is 1. The summed E-state index contributed by atoms with van der Waals surface area (Å²) in [6, 6.07) is -0.00375. The largest absolute Gasteiger partial charge is 0.385 e. The van der Waals surface area contributed by atoms with Crippen molar-refractivity contribution in [2.45, 2.75) is 25.3 Å². The predicted molar refractivity (Wildman–Crippen MR) is 66.3 cm³/mol. The van der Waals surface area contributed by atoms with E-state index in [2.05, 4.69) is 0 Å². The van der Waals surface area contributed by atoms with Gasteiger partial charge in [0.05, 0.1) is 5.75 Å². The quantitative estimate of drug-likeness (QED) is 0.726. The molecule has 1 atom stereocenters. The molecule has 0 radical (unpaired) electrons. The summed E-state index contributed by atoms with van der Waals surface area (Å²) in [5.74, 6) is 0.160. The van der Waals surface area contributed by atoms with Crippen molar-refractivity contribution in [3.05, 3.63) is 0 Å². The first-order valence-corrected chi connectivity index (χ1v) is 6.89. The van der Waals surface area contributed by atoms with Gasteiger partial charge >= 0.3 is 0 Å². The molecule has 1 aliphatic rings. The van der Waals surface area contributed by atoms with Gasteiger partial charge in [-0.3, -0.25) is 0 Å². The minimum Gasteiger partial charge on any atom is -0.385 e. The van der Waals surface area contributed by atoms with E-state index in [4.69, 9.17) is 10.5 Å². The molecule has 0 aliphatic carbocycles. The lowest BCUT2D eigenvalue weighted by atomic mass is 10.1. The molecule has 1 heterocycles. The highest BCUT2D eigenvalue weighted by Gasteiger charge is 2.26. The highest BCUT2D eigenvalue weighted by Crippen LogP contribution is 2.13. The van der Waals surface area contributed by atoms with Gasteiger partial charge < -0.3 is 10.5 Å². The maximum Gasteiger partial charge on any atom is 0.214 e. The van der Waals surface area contributed by atoms with E-state index in [0.29, 0.717) is 26.1 Å². The minimum absolute atomic E-state index is 0. The van der Waals surface area contributed by atoms with Gasteiger partial charge in [0.25, 0.3) is 0 Å². The van der Waals surface area contributed by atoms with Gasteiger partial charge in [-0.05, 0) is 19.3 Å². The van der Waals surface area contributed by atoms with Crippen molar-refractivity contribution in [2.24, 2.45) is 5.73 Å². The first-order chi connectivity index (χ1) is 7.06. The number of nitrogens with zero attached hydrogens (tertiary/aromatic N) is 1. The molecule has 0 amide bonds. The van der Waals surface area contributed by atoms with Gasteiger partial charge in [0.1, 0.15) is 0 Å². The van der Waals surface area contributed by atoms with Crippen molar-refractivity contribution >= 4 is 22.4 Å². The molecule has 0 aromatic heterocycles. The molecule has 0 bridgehead atoms. The normalized spacial score (nSPS) is 22.8. The molecule has 0 spiro atoms. The molecule has 1 rings (SSSR count). The maximum atomic E-state index is 11.8. The molecule has 0 saturated carbocycles. The second kappa shape index (κ2) is 7.45. The molecule has 98 valence electrons. The summed E-state index contributed by atoms with van der Waals surface area (Å²) in [5, 5.41) is 0. The minimum atomic E-state index is -3.12. The number of piperidine rings is 1. The number of hydrogen-bond acceptors (Lipinski definition) is 4. The van der Waals surface area contributed by atoms with Gasteiger partial charge in [0.15, 0.2) is 0 Å². The second-order valence-electron chi connectivity index (χ2n) is 3.92. The molecule has 16 heavy (non-hydrogen) atoms. The Morgan fingerprint density at radius 2 is 2.19 bits per heavy atom. The molecule has 1 aliphatic heterocycles. The van der Waals surface area contributed by atoms with Gasteiger partial charge in [-0.25, -0.2) is 12.7 Å². The molecule has 7 heteroatoms. The van der Waals surface area contributed by atoms with Crippen molar-refractivity contribution < 1.29 is 13.2 Å². The van der Waals surface area contributed by atoms with E-state index in [1.54, 1.807) is 7.11 Å². The number of sulfonamides is 1. The van der Waals surface area contributed by atoms with Crippen LogP contribution in [0.25, 0.3) is 0 Å². The topological polar surface area (TPSA) is 72.6 Å². The van der Waals surface area contributed by atoms with Gasteiger partial charge in [-0.1, -0.05) is 0 Å². The van der Waals surface area contributed by atoms with Crippen LogP contribution in [0.3, 0.4) is 0 Å². The third kappa shape index (κ3) is 4.97. The van der Waals surface area contributed by atoms with Crippen LogP contribution in [-0.2, 0) is 14.8 Å². The molecule has 1 saturated heterocycles. The van der Waals surface area contributed by atoms with Crippen molar-refractivity contribution in [3.8, 4) is 0 Å². The van der Waals surface area contributed by atoms with E-state index in [-0.39, 0.29) is 24.2 Å². The fraction of sp³-hybridized carbons (Fsp3) is 1.00. The monoisotopic (exact) mass is 272 g/mol. The molecular weight excluding hydrogens is 252 g/mol. The molecule has 5 nitrogen and oxygen atoms in total. The van der Waals surface area contributed by atoms with Crippen molar-refractivity contribution in [3.63, 3.8) is 0 Å². The molecule has 1 unspecified atom stereocenters. The Hall–Kier alpha value is 0.120. The summed E-state index contributed by atoms with van der Waals surface area (Å²) in [7, 11) is -1.54. The van der Waals surface area contributed by atoms with Crippen LogP contribution in [0.4, 0.5) is 0 Å². The number of halogens is 1. The molecule has 0 aromatic rings. The molecule has 2 N–H and O–H groups in total. The molecular formula is C9H21ClN2O3S. The van der Waals surface area contributed by atoms with Crippen LogP contribution >= 0.6 is 12.4 Å². The fourth-order valence-electron chi connectivity index (χ4n) is 1.74. The predicted octanol–water partition coefficient (Wildman–Crippen LogP) is 0.198.